The zero-order chi connectivity index (χ0) is 35.3. The Balaban J connectivity index is 1.60. The molecule has 0 bridgehead atoms. The normalized spacial score (nSPS) is 12.4. The number of carbonyl (C=O) groups excluding carboxylic acids is 2. The van der Waals surface area contributed by atoms with Crippen LogP contribution in [0, 0.1) is 15.9 Å². The Morgan fingerprint density at radius 2 is 1.53 bits per heavy atom. The van der Waals surface area contributed by atoms with E-state index >= 15 is 0 Å². The number of halogens is 1. The fourth-order valence-corrected chi connectivity index (χ4v) is 5.78. The molecule has 1 aromatic heterocycles. The van der Waals surface area contributed by atoms with Gasteiger partial charge in [-0.3, -0.25) is 9.59 Å². The van der Waals surface area contributed by atoms with Crippen LogP contribution in [0.1, 0.15) is 67.9 Å². The Bertz CT molecular complexity index is 1680. The molecule has 0 aliphatic carbocycles. The van der Waals surface area contributed by atoms with Gasteiger partial charge in [0.2, 0.25) is 0 Å². The average molecular weight is 676 g/mol. The van der Waals surface area contributed by atoms with E-state index in [9.17, 15) is 34.3 Å². The first-order chi connectivity index (χ1) is 23.5. The molecule has 1 heterocycles. The summed E-state index contributed by atoms with van der Waals surface area (Å²) < 4.78 is 21.2. The number of amides is 1. The number of hydrogen-bond donors (Lipinski definition) is 3. The van der Waals surface area contributed by atoms with Gasteiger partial charge in [-0.25, -0.2) is 4.39 Å². The van der Waals surface area contributed by atoms with Gasteiger partial charge in [-0.1, -0.05) is 62.4 Å². The molecule has 0 fully saturated rings. The number of hydrogen-bond acceptors (Lipinski definition) is 8. The van der Waals surface area contributed by atoms with Gasteiger partial charge in [0.05, 0.1) is 43.1 Å². The van der Waals surface area contributed by atoms with Gasteiger partial charge in [-0.05, 0) is 79.1 Å². The van der Waals surface area contributed by atoms with E-state index in [4.69, 9.17) is 4.74 Å². The predicted molar refractivity (Wildman–Crippen MR) is 183 cm³/mol. The lowest BCUT2D eigenvalue weighted by Gasteiger charge is -2.20. The van der Waals surface area contributed by atoms with E-state index in [1.165, 1.54) is 12.1 Å². The van der Waals surface area contributed by atoms with Gasteiger partial charge in [0.25, 0.3) is 11.0 Å². The van der Waals surface area contributed by atoms with Crippen molar-refractivity contribution < 1.29 is 38.9 Å². The number of carbonyl (C=O) groups is 2. The van der Waals surface area contributed by atoms with Gasteiger partial charge in [0, 0.05) is 23.5 Å². The third-order valence-electron chi connectivity index (χ3n) is 7.92. The summed E-state index contributed by atoms with van der Waals surface area (Å²) in [4.78, 5) is 40.8. The van der Waals surface area contributed by atoms with Gasteiger partial charge < -0.3 is 29.7 Å². The summed E-state index contributed by atoms with van der Waals surface area (Å²) in [6.45, 7) is 4.14. The minimum Gasteiger partial charge on any atom is -0.466 e. The third kappa shape index (κ3) is 10.5. The van der Waals surface area contributed by atoms with E-state index in [0.29, 0.717) is 40.9 Å². The smallest absolute Gasteiger partial charge is 0.308 e. The molecule has 0 radical (unpaired) electrons. The second-order valence-corrected chi connectivity index (χ2v) is 12.0. The average Bonchev–Trinajstić information content (AvgIpc) is 3.42. The molecule has 1 amide bonds. The topological polar surface area (TPSA) is 153 Å². The van der Waals surface area contributed by atoms with Crippen LogP contribution in [-0.4, -0.2) is 57.2 Å². The monoisotopic (exact) mass is 675 g/mol. The highest BCUT2D eigenvalue weighted by molar-refractivity contribution is 6.12. The third-order valence-corrected chi connectivity index (χ3v) is 7.92. The zero-order valence-electron chi connectivity index (χ0n) is 27.6. The van der Waals surface area contributed by atoms with Crippen molar-refractivity contribution in [1.82, 2.24) is 4.57 Å². The first-order valence-corrected chi connectivity index (χ1v) is 16.3. The molecule has 49 heavy (non-hydrogen) atoms. The molecule has 4 aromatic rings. The zero-order valence-corrected chi connectivity index (χ0v) is 27.6. The van der Waals surface area contributed by atoms with E-state index in [2.05, 4.69) is 10.2 Å². The minimum absolute atomic E-state index is 0.0247. The molecule has 260 valence electrons. The van der Waals surface area contributed by atoms with Crippen LogP contribution in [0.25, 0.3) is 22.4 Å². The number of rotatable bonds is 18. The second kappa shape index (κ2) is 17.9. The largest absolute Gasteiger partial charge is 0.466 e. The summed E-state index contributed by atoms with van der Waals surface area (Å²) >= 11 is 0. The molecular formula is C37H42FN3O8. The van der Waals surface area contributed by atoms with E-state index < -0.39 is 29.1 Å². The SMILES string of the molecule is CC(C)c1c(C(=O)Nc2ccccc2)c(-c2ccccc2)c(-c2ccc(F)cc2)n1CC[C@H](O)C[C@H](O)CC(=O)OCCCCO[N+](=O)[O-]. The molecule has 11 nitrogen and oxygen atoms in total. The van der Waals surface area contributed by atoms with E-state index in [1.807, 2.05) is 66.9 Å². The van der Waals surface area contributed by atoms with Crippen molar-refractivity contribution in [2.24, 2.45) is 0 Å². The quantitative estimate of drug-likeness (QED) is 0.0453. The van der Waals surface area contributed by atoms with Crippen LogP contribution in [0.5, 0.6) is 0 Å². The maximum absolute atomic E-state index is 14.2. The molecule has 0 aliphatic heterocycles. The van der Waals surface area contributed by atoms with Gasteiger partial charge >= 0.3 is 5.97 Å². The van der Waals surface area contributed by atoms with Gasteiger partial charge in [-0.15, -0.1) is 10.1 Å². The minimum atomic E-state index is -1.17. The van der Waals surface area contributed by atoms with Crippen LogP contribution in [-0.2, 0) is 20.9 Å². The van der Waals surface area contributed by atoms with Gasteiger partial charge in [0.1, 0.15) is 5.82 Å². The summed E-state index contributed by atoms with van der Waals surface area (Å²) in [5, 5.41) is 33.9. The van der Waals surface area contributed by atoms with Crippen molar-refractivity contribution in [3.05, 3.63) is 112 Å². The number of aromatic nitrogens is 1. The highest BCUT2D eigenvalue weighted by Gasteiger charge is 2.31. The molecule has 2 atom stereocenters. The number of anilines is 1. The lowest BCUT2D eigenvalue weighted by Crippen LogP contribution is -2.23. The summed E-state index contributed by atoms with van der Waals surface area (Å²) in [5.41, 5.74) is 4.66. The molecule has 3 N–H and O–H groups in total. The molecule has 0 unspecified atom stereocenters. The Morgan fingerprint density at radius 1 is 0.898 bits per heavy atom. The Labute approximate surface area is 284 Å². The maximum atomic E-state index is 14.2. The van der Waals surface area contributed by atoms with Crippen molar-refractivity contribution in [3.63, 3.8) is 0 Å². The van der Waals surface area contributed by atoms with Crippen LogP contribution >= 0.6 is 0 Å². The Kier molecular flexibility index (Phi) is 13.4. The molecule has 12 heteroatoms. The standard InChI is InChI=1S/C37H42FN3O8/c1-25(2)35-34(37(45)39-29-13-7-4-8-14-29)33(26-11-5-3-6-12-26)36(27-15-17-28(38)18-16-27)40(35)20-19-30(42)23-31(43)24-32(44)48-21-9-10-22-49-41(46)47/h3-8,11-18,25,30-31,42-43H,9-10,19-24H2,1-2H3,(H,39,45)/t30-,31-/m0/s1. The predicted octanol–water partition coefficient (Wildman–Crippen LogP) is 6.76. The number of unbranched alkanes of at least 4 members (excludes halogenated alkanes) is 1. The van der Waals surface area contributed by atoms with Crippen molar-refractivity contribution in [1.29, 1.82) is 0 Å². The van der Waals surface area contributed by atoms with Gasteiger partial charge in [0.15, 0.2) is 0 Å². The number of para-hydroxylation sites is 1. The molecule has 0 saturated heterocycles. The lowest BCUT2D eigenvalue weighted by molar-refractivity contribution is -0.757. The fraction of sp³-hybridized carbons (Fsp3) is 0.351. The van der Waals surface area contributed by atoms with Crippen molar-refractivity contribution in [3.8, 4) is 22.4 Å². The van der Waals surface area contributed by atoms with E-state index in [-0.39, 0.29) is 50.8 Å². The summed E-state index contributed by atoms with van der Waals surface area (Å²) in [6, 6.07) is 24.7. The fourth-order valence-electron chi connectivity index (χ4n) is 5.78. The molecule has 0 spiro atoms. The second-order valence-electron chi connectivity index (χ2n) is 12.0. The van der Waals surface area contributed by atoms with Crippen LogP contribution in [0.3, 0.4) is 0 Å². The lowest BCUT2D eigenvalue weighted by atomic mass is 9.94. The summed E-state index contributed by atoms with van der Waals surface area (Å²) in [5.74, 6) is -1.50. The molecule has 0 aliphatic rings. The Hall–Kier alpha value is -5.07. The maximum Gasteiger partial charge on any atom is 0.308 e. The molecule has 3 aromatic carbocycles. The van der Waals surface area contributed by atoms with Crippen LogP contribution in [0.2, 0.25) is 0 Å². The number of aliphatic hydroxyl groups is 2. The summed E-state index contributed by atoms with van der Waals surface area (Å²) in [6.07, 6.45) is -1.73. The van der Waals surface area contributed by atoms with E-state index in [1.54, 1.807) is 24.3 Å². The highest BCUT2D eigenvalue weighted by atomic mass is 19.1. The molecular weight excluding hydrogens is 633 g/mol. The Morgan fingerprint density at radius 3 is 2.16 bits per heavy atom. The van der Waals surface area contributed by atoms with Crippen LogP contribution in [0.15, 0.2) is 84.9 Å². The van der Waals surface area contributed by atoms with Gasteiger partial charge in [-0.2, -0.15) is 0 Å². The van der Waals surface area contributed by atoms with Crippen molar-refractivity contribution in [2.45, 2.75) is 70.6 Å². The summed E-state index contributed by atoms with van der Waals surface area (Å²) in [7, 11) is 0. The molecule has 0 saturated carbocycles. The molecule has 4 rings (SSSR count). The van der Waals surface area contributed by atoms with Crippen LogP contribution in [0.4, 0.5) is 10.1 Å². The van der Waals surface area contributed by atoms with Crippen molar-refractivity contribution >= 4 is 17.6 Å². The number of nitrogens with one attached hydrogen (secondary N) is 1. The number of aliphatic hydroxyl groups excluding tert-OH is 2. The number of benzene rings is 3. The first kappa shape index (κ1) is 36.8. The van der Waals surface area contributed by atoms with Crippen molar-refractivity contribution in [2.75, 3.05) is 18.5 Å². The number of ether oxygens (including phenoxy) is 1. The number of esters is 1. The van der Waals surface area contributed by atoms with E-state index in [0.717, 1.165) is 11.3 Å². The van der Waals surface area contributed by atoms with Crippen LogP contribution < -0.4 is 5.32 Å². The first-order valence-electron chi connectivity index (χ1n) is 16.3. The highest BCUT2D eigenvalue weighted by Crippen LogP contribution is 2.42. The number of nitrogens with zero attached hydrogens (tertiary/aromatic N) is 2.